The molecular formula is C13H15FN2S. The van der Waals surface area contributed by atoms with E-state index < -0.39 is 0 Å². The molecule has 1 aromatic heterocycles. The fourth-order valence-corrected chi connectivity index (χ4v) is 2.40. The molecule has 0 radical (unpaired) electrons. The fraction of sp³-hybridized carbons (Fsp3) is 0.308. The highest BCUT2D eigenvalue weighted by molar-refractivity contribution is 7.13. The minimum atomic E-state index is -0.200. The third-order valence-electron chi connectivity index (χ3n) is 2.46. The van der Waals surface area contributed by atoms with E-state index in [-0.39, 0.29) is 5.82 Å². The number of rotatable bonds is 4. The van der Waals surface area contributed by atoms with Crippen molar-refractivity contribution in [3.05, 3.63) is 40.7 Å². The van der Waals surface area contributed by atoms with E-state index in [0.717, 1.165) is 29.4 Å². The summed E-state index contributed by atoms with van der Waals surface area (Å²) in [5.41, 5.74) is 2.48. The number of aromatic nitrogens is 1. The lowest BCUT2D eigenvalue weighted by Gasteiger charge is -2.00. The number of hydrogen-bond acceptors (Lipinski definition) is 3. The van der Waals surface area contributed by atoms with Gasteiger partial charge in [-0.2, -0.15) is 0 Å². The number of nitrogens with one attached hydrogen (secondary N) is 1. The normalized spacial score (nSPS) is 10.8. The molecule has 1 aromatic carbocycles. The maximum absolute atomic E-state index is 13.7. The molecule has 0 saturated heterocycles. The van der Waals surface area contributed by atoms with Crippen molar-refractivity contribution in [3.63, 3.8) is 0 Å². The summed E-state index contributed by atoms with van der Waals surface area (Å²) in [4.78, 5) is 4.42. The Kier molecular flexibility index (Phi) is 3.86. The van der Waals surface area contributed by atoms with Gasteiger partial charge in [-0.15, -0.1) is 11.3 Å². The molecule has 0 fully saturated rings. The summed E-state index contributed by atoms with van der Waals surface area (Å²) in [7, 11) is 0. The first-order chi connectivity index (χ1) is 8.20. The van der Waals surface area contributed by atoms with Gasteiger partial charge in [-0.05, 0) is 31.2 Å². The van der Waals surface area contributed by atoms with Crippen LogP contribution in [-0.2, 0) is 6.54 Å². The van der Waals surface area contributed by atoms with Crippen LogP contribution in [0.5, 0.6) is 0 Å². The molecule has 4 heteroatoms. The molecule has 90 valence electrons. The van der Waals surface area contributed by atoms with Crippen molar-refractivity contribution in [2.75, 3.05) is 6.54 Å². The molecule has 0 bridgehead atoms. The molecule has 1 heterocycles. The third-order valence-corrected chi connectivity index (χ3v) is 3.39. The molecule has 0 aliphatic carbocycles. The second-order valence-electron chi connectivity index (χ2n) is 3.91. The molecule has 0 amide bonds. The van der Waals surface area contributed by atoms with Crippen LogP contribution in [-0.4, -0.2) is 11.5 Å². The van der Waals surface area contributed by atoms with Gasteiger partial charge in [0.25, 0.3) is 0 Å². The molecule has 0 unspecified atom stereocenters. The smallest absolute Gasteiger partial charge is 0.133 e. The Balaban J connectivity index is 2.24. The average Bonchev–Trinajstić information content (AvgIpc) is 2.75. The highest BCUT2D eigenvalue weighted by Crippen LogP contribution is 2.26. The highest BCUT2D eigenvalue weighted by atomic mass is 32.1. The largest absolute Gasteiger partial charge is 0.311 e. The standard InChI is InChI=1S/C13H15FN2S/c1-3-15-7-10-8-17-13(16-10)11-5-4-9(2)6-12(11)14/h4-6,8,15H,3,7H2,1-2H3. The van der Waals surface area contributed by atoms with Gasteiger partial charge in [-0.3, -0.25) is 0 Å². The fourth-order valence-electron chi connectivity index (χ4n) is 1.56. The molecular weight excluding hydrogens is 235 g/mol. The van der Waals surface area contributed by atoms with Crippen LogP contribution in [0.3, 0.4) is 0 Å². The zero-order valence-electron chi connectivity index (χ0n) is 9.96. The predicted octanol–water partition coefficient (Wildman–Crippen LogP) is 3.37. The average molecular weight is 250 g/mol. The number of thiazole rings is 1. The van der Waals surface area contributed by atoms with Crippen molar-refractivity contribution in [2.45, 2.75) is 20.4 Å². The van der Waals surface area contributed by atoms with Gasteiger partial charge in [0.1, 0.15) is 10.8 Å². The number of aryl methyl sites for hydroxylation is 1. The first kappa shape index (κ1) is 12.2. The van der Waals surface area contributed by atoms with Gasteiger partial charge in [-0.1, -0.05) is 13.0 Å². The van der Waals surface area contributed by atoms with Gasteiger partial charge in [0.05, 0.1) is 5.69 Å². The van der Waals surface area contributed by atoms with E-state index in [9.17, 15) is 4.39 Å². The van der Waals surface area contributed by atoms with E-state index in [2.05, 4.69) is 10.3 Å². The van der Waals surface area contributed by atoms with E-state index in [1.807, 2.05) is 25.3 Å². The Morgan fingerprint density at radius 3 is 2.94 bits per heavy atom. The Labute approximate surface area is 105 Å². The lowest BCUT2D eigenvalue weighted by atomic mass is 10.1. The van der Waals surface area contributed by atoms with Crippen molar-refractivity contribution in [1.29, 1.82) is 0 Å². The van der Waals surface area contributed by atoms with Crippen LogP contribution >= 0.6 is 11.3 Å². The van der Waals surface area contributed by atoms with Gasteiger partial charge in [0.15, 0.2) is 0 Å². The van der Waals surface area contributed by atoms with Crippen molar-refractivity contribution in [2.24, 2.45) is 0 Å². The minimum Gasteiger partial charge on any atom is -0.311 e. The van der Waals surface area contributed by atoms with Crippen LogP contribution in [0, 0.1) is 12.7 Å². The van der Waals surface area contributed by atoms with Crippen LogP contribution in [0.2, 0.25) is 0 Å². The first-order valence-electron chi connectivity index (χ1n) is 5.62. The SMILES string of the molecule is CCNCc1csc(-c2ccc(C)cc2F)n1. The van der Waals surface area contributed by atoms with Crippen molar-refractivity contribution >= 4 is 11.3 Å². The van der Waals surface area contributed by atoms with E-state index in [4.69, 9.17) is 0 Å². The van der Waals surface area contributed by atoms with Crippen LogP contribution in [0.4, 0.5) is 4.39 Å². The van der Waals surface area contributed by atoms with Gasteiger partial charge < -0.3 is 5.32 Å². The van der Waals surface area contributed by atoms with Crippen LogP contribution in [0.25, 0.3) is 10.6 Å². The molecule has 17 heavy (non-hydrogen) atoms. The molecule has 0 aliphatic heterocycles. The zero-order chi connectivity index (χ0) is 12.3. The summed E-state index contributed by atoms with van der Waals surface area (Å²) in [5, 5.41) is 5.92. The molecule has 0 spiro atoms. The number of halogens is 1. The van der Waals surface area contributed by atoms with Crippen molar-refractivity contribution in [1.82, 2.24) is 10.3 Å². The Bertz CT molecular complexity index is 508. The number of benzene rings is 1. The topological polar surface area (TPSA) is 24.9 Å². The van der Waals surface area contributed by atoms with E-state index in [1.165, 1.54) is 11.3 Å². The summed E-state index contributed by atoms with van der Waals surface area (Å²) in [6.45, 7) is 5.57. The molecule has 0 aliphatic rings. The minimum absolute atomic E-state index is 0.200. The van der Waals surface area contributed by atoms with Gasteiger partial charge in [0, 0.05) is 17.5 Å². The van der Waals surface area contributed by atoms with Gasteiger partial charge in [-0.25, -0.2) is 9.37 Å². The van der Waals surface area contributed by atoms with Gasteiger partial charge in [0.2, 0.25) is 0 Å². The monoisotopic (exact) mass is 250 g/mol. The van der Waals surface area contributed by atoms with Crippen molar-refractivity contribution in [3.8, 4) is 10.6 Å². The predicted molar refractivity (Wildman–Crippen MR) is 69.6 cm³/mol. The van der Waals surface area contributed by atoms with Crippen LogP contribution in [0.15, 0.2) is 23.6 Å². The lowest BCUT2D eigenvalue weighted by molar-refractivity contribution is 0.630. The Morgan fingerprint density at radius 1 is 1.41 bits per heavy atom. The number of hydrogen-bond donors (Lipinski definition) is 1. The Hall–Kier alpha value is -1.26. The summed E-state index contributed by atoms with van der Waals surface area (Å²) in [5.74, 6) is -0.200. The van der Waals surface area contributed by atoms with Gasteiger partial charge >= 0.3 is 0 Å². The van der Waals surface area contributed by atoms with E-state index >= 15 is 0 Å². The first-order valence-corrected chi connectivity index (χ1v) is 6.50. The summed E-state index contributed by atoms with van der Waals surface area (Å²) in [6, 6.07) is 5.24. The van der Waals surface area contributed by atoms with Crippen LogP contribution in [0.1, 0.15) is 18.2 Å². The second-order valence-corrected chi connectivity index (χ2v) is 4.77. The summed E-state index contributed by atoms with van der Waals surface area (Å²) >= 11 is 1.48. The zero-order valence-corrected chi connectivity index (χ0v) is 10.8. The molecule has 1 N–H and O–H groups in total. The third kappa shape index (κ3) is 2.90. The number of nitrogens with zero attached hydrogens (tertiary/aromatic N) is 1. The maximum Gasteiger partial charge on any atom is 0.133 e. The molecule has 2 rings (SSSR count). The molecule has 0 atom stereocenters. The summed E-state index contributed by atoms with van der Waals surface area (Å²) in [6.07, 6.45) is 0. The molecule has 0 saturated carbocycles. The van der Waals surface area contributed by atoms with Crippen LogP contribution < -0.4 is 5.32 Å². The quantitative estimate of drug-likeness (QED) is 0.900. The lowest BCUT2D eigenvalue weighted by Crippen LogP contribution is -2.11. The Morgan fingerprint density at radius 2 is 2.24 bits per heavy atom. The van der Waals surface area contributed by atoms with E-state index in [1.54, 1.807) is 12.1 Å². The highest BCUT2D eigenvalue weighted by Gasteiger charge is 2.09. The van der Waals surface area contributed by atoms with Crippen molar-refractivity contribution < 1.29 is 4.39 Å². The molecule has 2 aromatic rings. The van der Waals surface area contributed by atoms with E-state index in [0.29, 0.717) is 5.56 Å². The second kappa shape index (κ2) is 5.38. The summed E-state index contributed by atoms with van der Waals surface area (Å²) < 4.78 is 13.7. The maximum atomic E-state index is 13.7. The molecule has 2 nitrogen and oxygen atoms in total.